The van der Waals surface area contributed by atoms with Crippen molar-refractivity contribution in [2.24, 2.45) is 5.92 Å². The van der Waals surface area contributed by atoms with E-state index in [2.05, 4.69) is 36.7 Å². The lowest BCUT2D eigenvalue weighted by Crippen LogP contribution is -2.39. The van der Waals surface area contributed by atoms with Crippen molar-refractivity contribution in [3.05, 3.63) is 22.3 Å². The predicted octanol–water partition coefficient (Wildman–Crippen LogP) is 2.18. The highest BCUT2D eigenvalue weighted by molar-refractivity contribution is 7.13. The average molecular weight is 371 g/mol. The molecule has 1 aliphatic heterocycles. The fourth-order valence-electron chi connectivity index (χ4n) is 3.29. The number of carbonyl (C=O) groups excluding carboxylic acids is 1. The summed E-state index contributed by atoms with van der Waals surface area (Å²) < 4.78 is 0. The van der Waals surface area contributed by atoms with E-state index in [1.165, 1.54) is 11.3 Å². The minimum absolute atomic E-state index is 0.0245. The van der Waals surface area contributed by atoms with Crippen LogP contribution in [0.3, 0.4) is 0 Å². The largest absolute Gasteiger partial charge is 0.354 e. The van der Waals surface area contributed by atoms with Gasteiger partial charge in [-0.3, -0.25) is 4.79 Å². The van der Waals surface area contributed by atoms with Crippen molar-refractivity contribution in [3.8, 4) is 6.07 Å². The highest BCUT2D eigenvalue weighted by atomic mass is 32.1. The highest BCUT2D eigenvalue weighted by Gasteiger charge is 2.28. The molecule has 0 bridgehead atoms. The highest BCUT2D eigenvalue weighted by Crippen LogP contribution is 2.28. The van der Waals surface area contributed by atoms with E-state index in [0.29, 0.717) is 42.4 Å². The quantitative estimate of drug-likeness (QED) is 0.858. The molecule has 9 heteroatoms. The van der Waals surface area contributed by atoms with Gasteiger partial charge in [0, 0.05) is 19.0 Å². The van der Waals surface area contributed by atoms with Crippen LogP contribution in [0.25, 0.3) is 0 Å². The van der Waals surface area contributed by atoms with Crippen LogP contribution in [-0.4, -0.2) is 39.4 Å². The van der Waals surface area contributed by atoms with E-state index in [4.69, 9.17) is 0 Å². The Bertz CT molecular complexity index is 807. The van der Waals surface area contributed by atoms with Gasteiger partial charge in [-0.1, -0.05) is 25.2 Å². The fraction of sp³-hybridized carbons (Fsp3) is 0.529. The first kappa shape index (κ1) is 18.2. The van der Waals surface area contributed by atoms with Crippen LogP contribution in [0.15, 0.2) is 5.51 Å². The van der Waals surface area contributed by atoms with Gasteiger partial charge in [0.15, 0.2) is 5.82 Å². The van der Waals surface area contributed by atoms with Crippen LogP contribution in [-0.2, 0) is 17.6 Å². The number of aromatic nitrogens is 4. The molecule has 2 aromatic heterocycles. The zero-order chi connectivity index (χ0) is 18.5. The lowest BCUT2D eigenvalue weighted by molar-refractivity contribution is -0.120. The van der Waals surface area contributed by atoms with E-state index >= 15 is 0 Å². The Morgan fingerprint density at radius 3 is 2.65 bits per heavy atom. The number of nitrogens with one attached hydrogen (secondary N) is 1. The molecule has 1 fully saturated rings. The Kier molecular flexibility index (Phi) is 5.73. The van der Waals surface area contributed by atoms with E-state index in [1.54, 1.807) is 5.51 Å². The molecule has 0 aromatic carbocycles. The zero-order valence-electron chi connectivity index (χ0n) is 14.9. The summed E-state index contributed by atoms with van der Waals surface area (Å²) in [6.07, 6.45) is 2.93. The van der Waals surface area contributed by atoms with Crippen molar-refractivity contribution in [3.63, 3.8) is 0 Å². The van der Waals surface area contributed by atoms with Crippen LogP contribution in [0.4, 0.5) is 10.9 Å². The number of carbonyl (C=O) groups is 1. The van der Waals surface area contributed by atoms with Gasteiger partial charge >= 0.3 is 0 Å². The number of aryl methyl sites for hydroxylation is 1. The van der Waals surface area contributed by atoms with Crippen molar-refractivity contribution in [1.29, 1.82) is 5.26 Å². The zero-order valence-corrected chi connectivity index (χ0v) is 15.7. The van der Waals surface area contributed by atoms with Gasteiger partial charge in [0.1, 0.15) is 17.1 Å². The number of piperidine rings is 1. The minimum atomic E-state index is -0.0748. The third-order valence-electron chi connectivity index (χ3n) is 4.69. The van der Waals surface area contributed by atoms with E-state index in [0.717, 1.165) is 24.1 Å². The Balaban J connectivity index is 1.70. The first-order valence-corrected chi connectivity index (χ1v) is 9.66. The molecule has 1 amide bonds. The first-order chi connectivity index (χ1) is 12.7. The van der Waals surface area contributed by atoms with E-state index in [-0.39, 0.29) is 11.8 Å². The minimum Gasteiger partial charge on any atom is -0.354 e. The monoisotopic (exact) mass is 371 g/mol. The van der Waals surface area contributed by atoms with Gasteiger partial charge in [-0.15, -0.1) is 15.3 Å². The molecular formula is C17H21N7OS. The van der Waals surface area contributed by atoms with Gasteiger partial charge in [0.05, 0.1) is 5.69 Å². The maximum absolute atomic E-state index is 12.3. The number of nitrogens with zero attached hydrogens (tertiary/aromatic N) is 6. The molecule has 1 aliphatic rings. The van der Waals surface area contributed by atoms with Gasteiger partial charge in [0.25, 0.3) is 0 Å². The molecular weight excluding hydrogens is 350 g/mol. The summed E-state index contributed by atoms with van der Waals surface area (Å²) in [5, 5.41) is 29.2. The molecule has 2 aromatic rings. The predicted molar refractivity (Wildman–Crippen MR) is 99.0 cm³/mol. The molecule has 3 rings (SSSR count). The van der Waals surface area contributed by atoms with Crippen molar-refractivity contribution < 1.29 is 4.79 Å². The molecule has 0 saturated carbocycles. The Morgan fingerprint density at radius 1 is 1.31 bits per heavy atom. The number of amides is 1. The third kappa shape index (κ3) is 3.65. The summed E-state index contributed by atoms with van der Waals surface area (Å²) in [6, 6.07) is 2.31. The molecule has 1 N–H and O–H groups in total. The van der Waals surface area contributed by atoms with Crippen molar-refractivity contribution in [2.45, 2.75) is 39.5 Å². The van der Waals surface area contributed by atoms with E-state index in [9.17, 15) is 10.1 Å². The van der Waals surface area contributed by atoms with Gasteiger partial charge < -0.3 is 10.2 Å². The molecule has 0 unspecified atom stereocenters. The second-order valence-electron chi connectivity index (χ2n) is 6.14. The normalized spacial score (nSPS) is 14.9. The SMILES string of the molecule is CCc1nnc(N2CCC(C(=O)Nc3nncs3)CC2)c(C#N)c1CC. The molecule has 0 spiro atoms. The summed E-state index contributed by atoms with van der Waals surface area (Å²) in [7, 11) is 0. The summed E-state index contributed by atoms with van der Waals surface area (Å²) >= 11 is 1.31. The second-order valence-corrected chi connectivity index (χ2v) is 6.97. The molecule has 0 atom stereocenters. The van der Waals surface area contributed by atoms with Gasteiger partial charge in [0.2, 0.25) is 11.0 Å². The molecule has 136 valence electrons. The molecule has 0 radical (unpaired) electrons. The fourth-order valence-corrected chi connectivity index (χ4v) is 3.74. The first-order valence-electron chi connectivity index (χ1n) is 8.78. The number of hydrogen-bond acceptors (Lipinski definition) is 8. The molecule has 8 nitrogen and oxygen atoms in total. The number of nitriles is 1. The number of anilines is 2. The lowest BCUT2D eigenvalue weighted by Gasteiger charge is -2.32. The van der Waals surface area contributed by atoms with E-state index < -0.39 is 0 Å². The van der Waals surface area contributed by atoms with Gasteiger partial charge in [-0.2, -0.15) is 10.4 Å². The number of rotatable bonds is 5. The summed E-state index contributed by atoms with van der Waals surface area (Å²) in [5.41, 5.74) is 4.08. The Labute approximate surface area is 156 Å². The smallest absolute Gasteiger partial charge is 0.229 e. The number of hydrogen-bond donors (Lipinski definition) is 1. The molecule has 26 heavy (non-hydrogen) atoms. The maximum Gasteiger partial charge on any atom is 0.229 e. The van der Waals surface area contributed by atoms with Crippen LogP contribution in [0.1, 0.15) is 43.5 Å². The molecule has 3 heterocycles. The summed E-state index contributed by atoms with van der Waals surface area (Å²) in [5.74, 6) is 0.544. The van der Waals surface area contributed by atoms with Crippen molar-refractivity contribution in [2.75, 3.05) is 23.3 Å². The third-order valence-corrected chi connectivity index (χ3v) is 5.30. The summed E-state index contributed by atoms with van der Waals surface area (Å²) in [6.45, 7) is 5.40. The van der Waals surface area contributed by atoms with Gasteiger partial charge in [-0.05, 0) is 31.2 Å². The van der Waals surface area contributed by atoms with Crippen LogP contribution in [0.2, 0.25) is 0 Å². The maximum atomic E-state index is 12.3. The average Bonchev–Trinajstić information content (AvgIpc) is 3.19. The molecule has 0 aliphatic carbocycles. The summed E-state index contributed by atoms with van der Waals surface area (Å²) in [4.78, 5) is 14.4. The molecule has 1 saturated heterocycles. The van der Waals surface area contributed by atoms with Crippen LogP contribution in [0, 0.1) is 17.2 Å². The van der Waals surface area contributed by atoms with Crippen molar-refractivity contribution in [1.82, 2.24) is 20.4 Å². The van der Waals surface area contributed by atoms with Crippen molar-refractivity contribution >= 4 is 28.2 Å². The topological polar surface area (TPSA) is 108 Å². The lowest BCUT2D eigenvalue weighted by atomic mass is 9.95. The van der Waals surface area contributed by atoms with Crippen LogP contribution >= 0.6 is 11.3 Å². The standard InChI is InChI=1S/C17H21N7OS/c1-3-12-13(9-18)15(22-21-14(12)4-2)24-7-5-11(6-8-24)16(25)20-17-23-19-10-26-17/h10-11H,3-8H2,1-2H3,(H,20,23,25). The van der Waals surface area contributed by atoms with Crippen LogP contribution < -0.4 is 10.2 Å². The Hall–Kier alpha value is -2.60. The van der Waals surface area contributed by atoms with Gasteiger partial charge in [-0.25, -0.2) is 0 Å². The van der Waals surface area contributed by atoms with Crippen LogP contribution in [0.5, 0.6) is 0 Å². The second kappa shape index (κ2) is 8.19. The van der Waals surface area contributed by atoms with E-state index in [1.807, 2.05) is 13.8 Å². The Morgan fingerprint density at radius 2 is 2.08 bits per heavy atom.